The third-order valence-electron chi connectivity index (χ3n) is 2.61. The van der Waals surface area contributed by atoms with E-state index in [1.54, 1.807) is 0 Å². The van der Waals surface area contributed by atoms with E-state index >= 15 is 0 Å². The van der Waals surface area contributed by atoms with E-state index in [1.165, 1.54) is 26.0 Å². The zero-order chi connectivity index (χ0) is 16.5. The molecule has 1 saturated heterocycles. The number of ether oxygens (including phenoxy) is 3. The van der Waals surface area contributed by atoms with E-state index in [9.17, 15) is 18.4 Å². The number of halogens is 3. The molecule has 0 bridgehead atoms. The second-order valence-corrected chi connectivity index (χ2v) is 5.23. The Balaban J connectivity index is 2.40. The maximum Gasteiger partial charge on any atom is 0.387 e. The lowest BCUT2D eigenvalue weighted by Gasteiger charge is -2.29. The number of esters is 2. The highest BCUT2D eigenvalue weighted by Gasteiger charge is 2.39. The van der Waals surface area contributed by atoms with Gasteiger partial charge >= 0.3 is 18.6 Å². The van der Waals surface area contributed by atoms with Crippen LogP contribution in [0.5, 0.6) is 5.75 Å². The molecule has 8 heteroatoms. The summed E-state index contributed by atoms with van der Waals surface area (Å²) in [5.74, 6) is -3.49. The summed E-state index contributed by atoms with van der Waals surface area (Å²) in [4.78, 5) is 23.6. The van der Waals surface area contributed by atoms with Gasteiger partial charge in [-0.15, -0.1) is 0 Å². The van der Waals surface area contributed by atoms with Crippen LogP contribution < -0.4 is 4.74 Å². The molecular formula is C14H11ClF2O5. The maximum absolute atomic E-state index is 12.4. The van der Waals surface area contributed by atoms with E-state index in [0.717, 1.165) is 12.1 Å². The van der Waals surface area contributed by atoms with E-state index < -0.39 is 29.9 Å². The molecule has 1 fully saturated rings. The molecule has 0 N–H and O–H groups in total. The lowest BCUT2D eigenvalue weighted by atomic mass is 10.1. The lowest BCUT2D eigenvalue weighted by molar-refractivity contribution is -0.222. The third-order valence-corrected chi connectivity index (χ3v) is 2.84. The molecule has 5 nitrogen and oxygen atoms in total. The predicted octanol–water partition coefficient (Wildman–Crippen LogP) is 3.16. The molecule has 0 saturated carbocycles. The number of benzene rings is 1. The van der Waals surface area contributed by atoms with Crippen molar-refractivity contribution in [3.8, 4) is 5.75 Å². The minimum Gasteiger partial charge on any atom is -0.434 e. The fourth-order valence-corrected chi connectivity index (χ4v) is 1.92. The standard InChI is InChI=1S/C14H11ClF2O5/c1-14(2)21-11(18)9(12(19)22-14)5-7-3-4-8(15)6-10(7)20-13(16)17/h3-6,13H,1-2H3. The molecule has 0 unspecified atom stereocenters. The predicted molar refractivity (Wildman–Crippen MR) is 72.3 cm³/mol. The molecule has 118 valence electrons. The van der Waals surface area contributed by atoms with Gasteiger partial charge in [-0.1, -0.05) is 11.6 Å². The number of hydrogen-bond acceptors (Lipinski definition) is 5. The van der Waals surface area contributed by atoms with E-state index in [1.807, 2.05) is 0 Å². The molecule has 0 aliphatic carbocycles. The van der Waals surface area contributed by atoms with Gasteiger partial charge in [0.15, 0.2) is 0 Å². The Morgan fingerprint density at radius 3 is 2.36 bits per heavy atom. The first kappa shape index (κ1) is 16.2. The minimum atomic E-state index is -3.08. The zero-order valence-electron chi connectivity index (χ0n) is 11.6. The summed E-state index contributed by atoms with van der Waals surface area (Å²) in [6.45, 7) is -0.291. The van der Waals surface area contributed by atoms with Gasteiger partial charge < -0.3 is 14.2 Å². The van der Waals surface area contributed by atoms with Gasteiger partial charge in [-0.25, -0.2) is 9.59 Å². The normalized spacial score (nSPS) is 17.1. The monoisotopic (exact) mass is 332 g/mol. The second kappa shape index (κ2) is 5.92. The van der Waals surface area contributed by atoms with Crippen LogP contribution in [0.2, 0.25) is 5.02 Å². The van der Waals surface area contributed by atoms with Crippen LogP contribution in [0.4, 0.5) is 8.78 Å². The van der Waals surface area contributed by atoms with E-state index in [-0.39, 0.29) is 16.3 Å². The van der Waals surface area contributed by atoms with Gasteiger partial charge in [0.25, 0.3) is 5.79 Å². The Kier molecular flexibility index (Phi) is 4.37. The molecule has 1 aliphatic heterocycles. The summed E-state index contributed by atoms with van der Waals surface area (Å²) in [6, 6.07) is 3.87. The van der Waals surface area contributed by atoms with Gasteiger partial charge in [-0.05, 0) is 24.3 Å². The van der Waals surface area contributed by atoms with Crippen molar-refractivity contribution in [1.29, 1.82) is 0 Å². The highest BCUT2D eigenvalue weighted by molar-refractivity contribution is 6.30. The molecule has 0 aromatic heterocycles. The maximum atomic E-state index is 12.4. The summed E-state index contributed by atoms with van der Waals surface area (Å²) >= 11 is 5.71. The second-order valence-electron chi connectivity index (χ2n) is 4.80. The topological polar surface area (TPSA) is 61.8 Å². The average Bonchev–Trinajstić information content (AvgIpc) is 2.34. The Morgan fingerprint density at radius 2 is 1.82 bits per heavy atom. The summed E-state index contributed by atoms with van der Waals surface area (Å²) in [5, 5.41) is 0.160. The van der Waals surface area contributed by atoms with Gasteiger partial charge in [0, 0.05) is 24.4 Å². The first-order chi connectivity index (χ1) is 10.2. The average molecular weight is 333 g/mol. The molecule has 0 atom stereocenters. The van der Waals surface area contributed by atoms with E-state index in [2.05, 4.69) is 4.74 Å². The van der Waals surface area contributed by atoms with Gasteiger partial charge in [0.2, 0.25) is 0 Å². The van der Waals surface area contributed by atoms with Crippen LogP contribution >= 0.6 is 11.6 Å². The Bertz CT molecular complexity index is 633. The Hall–Kier alpha value is -2.15. The van der Waals surface area contributed by atoms with Crippen molar-refractivity contribution in [2.24, 2.45) is 0 Å². The highest BCUT2D eigenvalue weighted by Crippen LogP contribution is 2.30. The minimum absolute atomic E-state index is 0.0632. The van der Waals surface area contributed by atoms with Crippen LogP contribution in [0.25, 0.3) is 6.08 Å². The smallest absolute Gasteiger partial charge is 0.387 e. The fourth-order valence-electron chi connectivity index (χ4n) is 1.76. The van der Waals surface area contributed by atoms with Gasteiger partial charge in [0.1, 0.15) is 11.3 Å². The first-order valence-electron chi connectivity index (χ1n) is 6.11. The zero-order valence-corrected chi connectivity index (χ0v) is 12.3. The molecule has 1 heterocycles. The molecule has 2 rings (SSSR count). The molecule has 1 aromatic carbocycles. The number of rotatable bonds is 3. The summed E-state index contributed by atoms with van der Waals surface area (Å²) in [7, 11) is 0. The third kappa shape index (κ3) is 3.73. The number of cyclic esters (lactones) is 2. The summed E-state index contributed by atoms with van der Waals surface area (Å²) in [5.41, 5.74) is -0.367. The van der Waals surface area contributed by atoms with Crippen molar-refractivity contribution in [1.82, 2.24) is 0 Å². The van der Waals surface area contributed by atoms with Crippen molar-refractivity contribution in [2.75, 3.05) is 0 Å². The molecule has 22 heavy (non-hydrogen) atoms. The molecule has 0 amide bonds. The van der Waals surface area contributed by atoms with Crippen LogP contribution in [-0.2, 0) is 19.1 Å². The van der Waals surface area contributed by atoms with Crippen molar-refractivity contribution in [2.45, 2.75) is 26.2 Å². The quantitative estimate of drug-likeness (QED) is 0.483. The summed E-state index contributed by atoms with van der Waals surface area (Å²) < 4.78 is 38.9. The molecular weight excluding hydrogens is 322 g/mol. The summed E-state index contributed by atoms with van der Waals surface area (Å²) in [6.07, 6.45) is 1.05. The van der Waals surface area contributed by atoms with E-state index in [0.29, 0.717) is 0 Å². The van der Waals surface area contributed by atoms with Gasteiger partial charge in [-0.3, -0.25) is 0 Å². The number of alkyl halides is 2. The van der Waals surface area contributed by atoms with Crippen LogP contribution in [0.15, 0.2) is 23.8 Å². The molecule has 1 aliphatic rings. The molecule has 0 radical (unpaired) electrons. The number of carbonyl (C=O) groups excluding carboxylic acids is 2. The molecule has 1 aromatic rings. The van der Waals surface area contributed by atoms with Crippen molar-refractivity contribution in [3.05, 3.63) is 34.4 Å². The highest BCUT2D eigenvalue weighted by atomic mass is 35.5. The lowest BCUT2D eigenvalue weighted by Crippen LogP contribution is -2.41. The van der Waals surface area contributed by atoms with Crippen LogP contribution in [0.1, 0.15) is 19.4 Å². The number of carbonyl (C=O) groups is 2. The first-order valence-corrected chi connectivity index (χ1v) is 6.48. The van der Waals surface area contributed by atoms with Crippen LogP contribution in [-0.4, -0.2) is 24.3 Å². The Labute approximate surface area is 129 Å². The van der Waals surface area contributed by atoms with Crippen LogP contribution in [0, 0.1) is 0 Å². The van der Waals surface area contributed by atoms with Gasteiger partial charge in [-0.2, -0.15) is 8.78 Å². The van der Waals surface area contributed by atoms with Crippen molar-refractivity contribution >= 4 is 29.6 Å². The fraction of sp³-hybridized carbons (Fsp3) is 0.286. The van der Waals surface area contributed by atoms with Gasteiger partial charge in [0.05, 0.1) is 0 Å². The molecule has 0 spiro atoms. The van der Waals surface area contributed by atoms with E-state index in [4.69, 9.17) is 21.1 Å². The van der Waals surface area contributed by atoms with Crippen molar-refractivity contribution < 1.29 is 32.6 Å². The van der Waals surface area contributed by atoms with Crippen LogP contribution in [0.3, 0.4) is 0 Å². The Morgan fingerprint density at radius 1 is 1.23 bits per heavy atom. The number of hydrogen-bond donors (Lipinski definition) is 0. The van der Waals surface area contributed by atoms with Crippen molar-refractivity contribution in [3.63, 3.8) is 0 Å². The largest absolute Gasteiger partial charge is 0.434 e. The SMILES string of the molecule is CC1(C)OC(=O)C(=Cc2ccc(Cl)cc2OC(F)F)C(=O)O1.